The topological polar surface area (TPSA) is 49.7 Å². The van der Waals surface area contributed by atoms with Gasteiger partial charge in [0.25, 0.3) is 5.91 Å². The van der Waals surface area contributed by atoms with Gasteiger partial charge >= 0.3 is 0 Å². The molecule has 0 N–H and O–H groups in total. The first-order valence-corrected chi connectivity index (χ1v) is 8.11. The Kier molecular flexibility index (Phi) is 5.87. The number of nitrogens with zero attached hydrogens (tertiary/aromatic N) is 2. The number of unbranched alkanes of at least 4 members (excludes halogenated alkanes) is 4. The van der Waals surface area contributed by atoms with Gasteiger partial charge in [0.2, 0.25) is 0 Å². The van der Waals surface area contributed by atoms with Crippen LogP contribution in [0.15, 0.2) is 35.4 Å². The summed E-state index contributed by atoms with van der Waals surface area (Å²) in [5.41, 5.74) is 1.17. The zero-order chi connectivity index (χ0) is 15.9. The fourth-order valence-corrected chi connectivity index (χ4v) is 2.72. The van der Waals surface area contributed by atoms with Gasteiger partial charge in [-0.15, -0.1) is 0 Å². The number of rotatable bonds is 8. The molecule has 1 aliphatic rings. The van der Waals surface area contributed by atoms with Crippen LogP contribution in [0.4, 0.5) is 0 Å². The molecule has 4 nitrogen and oxygen atoms in total. The van der Waals surface area contributed by atoms with Gasteiger partial charge in [-0.05, 0) is 13.3 Å². The zero-order valence-corrected chi connectivity index (χ0v) is 13.4. The van der Waals surface area contributed by atoms with Crippen molar-refractivity contribution in [2.75, 3.05) is 6.54 Å². The molecular weight excluding hydrogens is 276 g/mol. The number of hydrogen-bond acceptors (Lipinski definition) is 3. The van der Waals surface area contributed by atoms with Crippen molar-refractivity contribution in [3.8, 4) is 0 Å². The number of carbonyl (C=O) groups is 2. The van der Waals surface area contributed by atoms with E-state index in [4.69, 9.17) is 0 Å². The van der Waals surface area contributed by atoms with Crippen molar-refractivity contribution < 1.29 is 9.59 Å². The Morgan fingerprint density at radius 3 is 2.50 bits per heavy atom. The minimum atomic E-state index is -0.738. The maximum Gasteiger partial charge on any atom is 0.259 e. The van der Waals surface area contributed by atoms with Crippen molar-refractivity contribution in [3.05, 3.63) is 35.9 Å². The maximum atomic E-state index is 12.5. The van der Waals surface area contributed by atoms with E-state index in [0.717, 1.165) is 12.8 Å². The summed E-state index contributed by atoms with van der Waals surface area (Å²) in [7, 11) is 0. The molecule has 0 aromatic heterocycles. The Balaban J connectivity index is 1.94. The first-order valence-electron chi connectivity index (χ1n) is 8.11. The Hall–Kier alpha value is -1.97. The van der Waals surface area contributed by atoms with Gasteiger partial charge < -0.3 is 0 Å². The molecule has 1 aliphatic heterocycles. The van der Waals surface area contributed by atoms with E-state index in [2.05, 4.69) is 12.0 Å². The molecule has 1 aromatic carbocycles. The third-order valence-electron chi connectivity index (χ3n) is 3.99. The second-order valence-corrected chi connectivity index (χ2v) is 5.78. The summed E-state index contributed by atoms with van der Waals surface area (Å²) in [6.45, 7) is 4.55. The van der Waals surface area contributed by atoms with Crippen molar-refractivity contribution in [2.24, 2.45) is 11.0 Å². The maximum absolute atomic E-state index is 12.5. The van der Waals surface area contributed by atoms with Crippen LogP contribution < -0.4 is 0 Å². The molecule has 1 amide bonds. The number of hydrazone groups is 1. The van der Waals surface area contributed by atoms with Gasteiger partial charge in [0.1, 0.15) is 5.92 Å². The molecule has 1 atom stereocenters. The lowest BCUT2D eigenvalue weighted by atomic mass is 9.94. The van der Waals surface area contributed by atoms with Gasteiger partial charge in [-0.1, -0.05) is 62.9 Å². The highest BCUT2D eigenvalue weighted by molar-refractivity contribution is 6.26. The lowest BCUT2D eigenvalue weighted by Crippen LogP contribution is -2.33. The van der Waals surface area contributed by atoms with Gasteiger partial charge in [0.05, 0.1) is 5.71 Å². The van der Waals surface area contributed by atoms with Crippen molar-refractivity contribution in [3.63, 3.8) is 0 Å². The lowest BCUT2D eigenvalue weighted by molar-refractivity contribution is -0.130. The Bertz CT molecular complexity index is 551. The van der Waals surface area contributed by atoms with Gasteiger partial charge in [-0.2, -0.15) is 5.10 Å². The number of amides is 1. The third-order valence-corrected chi connectivity index (χ3v) is 3.99. The van der Waals surface area contributed by atoms with E-state index in [-0.39, 0.29) is 11.7 Å². The molecule has 0 bridgehead atoms. The fourth-order valence-electron chi connectivity index (χ4n) is 2.72. The van der Waals surface area contributed by atoms with Crippen LogP contribution in [0.3, 0.4) is 0 Å². The average molecular weight is 300 g/mol. The van der Waals surface area contributed by atoms with Crippen LogP contribution in [0, 0.1) is 5.92 Å². The normalized spacial score (nSPS) is 17.7. The van der Waals surface area contributed by atoms with Crippen LogP contribution in [0.2, 0.25) is 0 Å². The van der Waals surface area contributed by atoms with E-state index in [1.165, 1.54) is 24.3 Å². The van der Waals surface area contributed by atoms with Gasteiger partial charge in [-0.3, -0.25) is 9.59 Å². The first kappa shape index (κ1) is 16.4. The number of carbonyl (C=O) groups excluding carboxylic acids is 2. The molecule has 0 unspecified atom stereocenters. The summed E-state index contributed by atoms with van der Waals surface area (Å²) < 4.78 is 0. The summed E-state index contributed by atoms with van der Waals surface area (Å²) in [4.78, 5) is 24.9. The van der Waals surface area contributed by atoms with E-state index in [1.54, 1.807) is 19.1 Å². The van der Waals surface area contributed by atoms with Crippen LogP contribution in [0.5, 0.6) is 0 Å². The molecule has 4 heteroatoms. The SMILES string of the molecule is CCCCCCCN1N=C(C)[C@H](C(=O)c2ccccc2)C1=O. The molecule has 22 heavy (non-hydrogen) atoms. The Labute approximate surface area is 132 Å². The molecule has 0 radical (unpaired) electrons. The van der Waals surface area contributed by atoms with Gasteiger partial charge in [0.15, 0.2) is 5.78 Å². The molecular formula is C18H24N2O2. The summed E-state index contributed by atoms with van der Waals surface area (Å²) >= 11 is 0. The monoisotopic (exact) mass is 300 g/mol. The van der Waals surface area contributed by atoms with E-state index in [0.29, 0.717) is 17.8 Å². The molecule has 118 valence electrons. The predicted molar refractivity (Wildman–Crippen MR) is 87.8 cm³/mol. The van der Waals surface area contributed by atoms with Gasteiger partial charge in [-0.25, -0.2) is 5.01 Å². The Morgan fingerprint density at radius 1 is 1.14 bits per heavy atom. The lowest BCUT2D eigenvalue weighted by Gasteiger charge is -2.13. The third kappa shape index (κ3) is 3.81. The molecule has 1 aromatic rings. The Morgan fingerprint density at radius 2 is 1.82 bits per heavy atom. The van der Waals surface area contributed by atoms with E-state index in [9.17, 15) is 9.59 Å². The molecule has 0 fully saturated rings. The van der Waals surface area contributed by atoms with E-state index >= 15 is 0 Å². The van der Waals surface area contributed by atoms with E-state index in [1.807, 2.05) is 18.2 Å². The first-order chi connectivity index (χ1) is 10.6. The molecule has 2 rings (SSSR count). The van der Waals surface area contributed by atoms with Crippen molar-refractivity contribution in [1.29, 1.82) is 0 Å². The number of hydrogen-bond donors (Lipinski definition) is 0. The van der Waals surface area contributed by atoms with Gasteiger partial charge in [0, 0.05) is 12.1 Å². The second kappa shape index (κ2) is 7.87. The van der Waals surface area contributed by atoms with Crippen molar-refractivity contribution in [2.45, 2.75) is 46.0 Å². The van der Waals surface area contributed by atoms with Crippen LogP contribution >= 0.6 is 0 Å². The number of benzene rings is 1. The minimum Gasteiger partial charge on any atom is -0.293 e. The standard InChI is InChI=1S/C18H24N2O2/c1-3-4-5-6-10-13-20-18(22)16(14(2)19-20)17(21)15-11-8-7-9-12-15/h7-9,11-12,16H,3-6,10,13H2,1-2H3/t16-/m1/s1. The summed E-state index contributed by atoms with van der Waals surface area (Å²) in [6, 6.07) is 8.97. The molecule has 0 saturated carbocycles. The molecule has 0 spiro atoms. The quantitative estimate of drug-likeness (QED) is 0.418. The highest BCUT2D eigenvalue weighted by Gasteiger charge is 2.38. The second-order valence-electron chi connectivity index (χ2n) is 5.78. The van der Waals surface area contributed by atoms with Crippen LogP contribution in [0.1, 0.15) is 56.3 Å². The predicted octanol–water partition coefficient (Wildman–Crippen LogP) is 3.67. The summed E-state index contributed by atoms with van der Waals surface area (Å²) in [5.74, 6) is -1.07. The number of Topliss-reactive ketones (excluding diaryl/α,β-unsaturated/α-hetero) is 1. The fraction of sp³-hybridized carbons (Fsp3) is 0.500. The highest BCUT2D eigenvalue weighted by atomic mass is 16.2. The van der Waals surface area contributed by atoms with Crippen molar-refractivity contribution in [1.82, 2.24) is 5.01 Å². The number of ketones is 1. The average Bonchev–Trinajstić information content (AvgIpc) is 2.81. The molecule has 0 aliphatic carbocycles. The van der Waals surface area contributed by atoms with Crippen LogP contribution in [0.25, 0.3) is 0 Å². The highest BCUT2D eigenvalue weighted by Crippen LogP contribution is 2.21. The largest absolute Gasteiger partial charge is 0.293 e. The smallest absolute Gasteiger partial charge is 0.259 e. The molecule has 1 heterocycles. The van der Waals surface area contributed by atoms with Crippen molar-refractivity contribution >= 4 is 17.4 Å². The summed E-state index contributed by atoms with van der Waals surface area (Å²) in [6.07, 6.45) is 5.66. The molecule has 0 saturated heterocycles. The zero-order valence-electron chi connectivity index (χ0n) is 13.4. The summed E-state index contributed by atoms with van der Waals surface area (Å²) in [5, 5.41) is 5.77. The van der Waals surface area contributed by atoms with Crippen LogP contribution in [-0.2, 0) is 4.79 Å². The van der Waals surface area contributed by atoms with Crippen LogP contribution in [-0.4, -0.2) is 29.0 Å². The van der Waals surface area contributed by atoms with E-state index < -0.39 is 5.92 Å². The minimum absolute atomic E-state index is 0.152.